The molecule has 0 bridgehead atoms. The van der Waals surface area contributed by atoms with Crippen LogP contribution in [0.4, 0.5) is 23.8 Å². The Morgan fingerprint density at radius 2 is 2.00 bits per heavy atom. The number of anilines is 1. The van der Waals surface area contributed by atoms with E-state index in [1.165, 1.54) is 19.2 Å². The second-order valence-corrected chi connectivity index (χ2v) is 5.69. The second kappa shape index (κ2) is 7.50. The third-order valence-corrected chi connectivity index (χ3v) is 3.92. The quantitative estimate of drug-likeness (QED) is 0.788. The predicted octanol–water partition coefficient (Wildman–Crippen LogP) is 2.68. The summed E-state index contributed by atoms with van der Waals surface area (Å²) in [5, 5.41) is 7.39. The molecule has 2 rings (SSSR count). The Morgan fingerprint density at radius 1 is 1.25 bits per heavy atom. The number of carbonyl (C=O) groups excluding carboxylic acids is 2. The number of hydrogen-bond acceptors (Lipinski definition) is 3. The number of hydrogen-bond donors (Lipinski definition) is 3. The molecule has 0 spiro atoms. The number of pyridine rings is 1. The summed E-state index contributed by atoms with van der Waals surface area (Å²) >= 11 is 0. The summed E-state index contributed by atoms with van der Waals surface area (Å²) in [6.45, 7) is 0. The summed E-state index contributed by atoms with van der Waals surface area (Å²) in [4.78, 5) is 27.4. The van der Waals surface area contributed by atoms with Gasteiger partial charge in [-0.1, -0.05) is 12.5 Å². The molecule has 0 aromatic carbocycles. The number of nitrogens with zero attached hydrogens (tertiary/aromatic N) is 1. The number of aromatic nitrogens is 1. The zero-order valence-corrected chi connectivity index (χ0v) is 13.1. The average molecular weight is 344 g/mol. The third-order valence-electron chi connectivity index (χ3n) is 3.92. The van der Waals surface area contributed by atoms with Gasteiger partial charge in [0.25, 0.3) is 5.91 Å². The molecule has 1 heterocycles. The van der Waals surface area contributed by atoms with Gasteiger partial charge in [-0.05, 0) is 31.4 Å². The lowest BCUT2D eigenvalue weighted by Crippen LogP contribution is -2.43. The molecule has 1 aromatic heterocycles. The van der Waals surface area contributed by atoms with E-state index >= 15 is 0 Å². The SMILES string of the molecule is CNC(=O)c1cccc(NC(=O)N[C@H]2CCC[C@@H](C(F)(F)F)C2)n1. The Kier molecular flexibility index (Phi) is 5.63. The van der Waals surface area contributed by atoms with Gasteiger partial charge in [0.1, 0.15) is 11.5 Å². The van der Waals surface area contributed by atoms with Crippen LogP contribution in [0.15, 0.2) is 18.2 Å². The van der Waals surface area contributed by atoms with Crippen LogP contribution in [0.1, 0.15) is 36.2 Å². The standard InChI is InChI=1S/C15H19F3N4O2/c1-19-13(23)11-6-3-7-12(21-11)22-14(24)20-10-5-2-4-9(8-10)15(16,17)18/h3,6-7,9-10H,2,4-5,8H2,1H3,(H,19,23)(H2,20,21,22,24)/t9-,10+/m1/s1. The van der Waals surface area contributed by atoms with Crippen LogP contribution in [0.5, 0.6) is 0 Å². The van der Waals surface area contributed by atoms with E-state index in [1.54, 1.807) is 6.07 Å². The summed E-state index contributed by atoms with van der Waals surface area (Å²) in [6, 6.07) is 3.35. The van der Waals surface area contributed by atoms with Crippen LogP contribution in [-0.2, 0) is 0 Å². The fourth-order valence-electron chi connectivity index (χ4n) is 2.71. The summed E-state index contributed by atoms with van der Waals surface area (Å²) in [7, 11) is 1.46. The zero-order valence-electron chi connectivity index (χ0n) is 13.1. The van der Waals surface area contributed by atoms with Crippen molar-refractivity contribution in [2.45, 2.75) is 37.9 Å². The molecular formula is C15H19F3N4O2. The van der Waals surface area contributed by atoms with Crippen LogP contribution >= 0.6 is 0 Å². The van der Waals surface area contributed by atoms with Crippen molar-refractivity contribution < 1.29 is 22.8 Å². The Morgan fingerprint density at radius 3 is 2.67 bits per heavy atom. The number of carbonyl (C=O) groups is 2. The Labute approximate surface area is 137 Å². The van der Waals surface area contributed by atoms with Gasteiger partial charge in [-0.3, -0.25) is 10.1 Å². The molecule has 1 saturated carbocycles. The molecule has 0 unspecified atom stereocenters. The number of nitrogens with one attached hydrogen (secondary N) is 3. The first kappa shape index (κ1) is 18.0. The normalized spacial score (nSPS) is 21.0. The minimum Gasteiger partial charge on any atom is -0.354 e. The van der Waals surface area contributed by atoms with Crippen molar-refractivity contribution in [2.75, 3.05) is 12.4 Å². The predicted molar refractivity (Wildman–Crippen MR) is 81.6 cm³/mol. The minimum atomic E-state index is -4.24. The van der Waals surface area contributed by atoms with E-state index in [2.05, 4.69) is 20.9 Å². The molecule has 9 heteroatoms. The van der Waals surface area contributed by atoms with Crippen LogP contribution in [0.3, 0.4) is 0 Å². The van der Waals surface area contributed by atoms with Gasteiger partial charge in [-0.25, -0.2) is 9.78 Å². The molecule has 0 radical (unpaired) electrons. The van der Waals surface area contributed by atoms with Crippen LogP contribution in [0.2, 0.25) is 0 Å². The summed E-state index contributed by atoms with van der Waals surface area (Å²) in [5.41, 5.74) is 0.130. The van der Waals surface area contributed by atoms with Gasteiger partial charge in [0.15, 0.2) is 0 Å². The maximum atomic E-state index is 12.8. The highest BCUT2D eigenvalue weighted by atomic mass is 19.4. The molecule has 3 amide bonds. The number of halogens is 3. The largest absolute Gasteiger partial charge is 0.391 e. The Bertz CT molecular complexity index is 607. The molecule has 0 aliphatic heterocycles. The Hall–Kier alpha value is -2.32. The van der Waals surface area contributed by atoms with E-state index in [0.29, 0.717) is 12.8 Å². The zero-order chi connectivity index (χ0) is 17.7. The summed E-state index contributed by atoms with van der Waals surface area (Å²) in [6.07, 6.45) is -3.34. The van der Waals surface area contributed by atoms with E-state index < -0.39 is 30.1 Å². The highest BCUT2D eigenvalue weighted by Gasteiger charge is 2.42. The highest BCUT2D eigenvalue weighted by molar-refractivity contribution is 5.93. The number of alkyl halides is 3. The van der Waals surface area contributed by atoms with Crippen molar-refractivity contribution in [2.24, 2.45) is 5.92 Å². The van der Waals surface area contributed by atoms with Gasteiger partial charge in [0.05, 0.1) is 5.92 Å². The van der Waals surface area contributed by atoms with Crippen LogP contribution in [0, 0.1) is 5.92 Å². The second-order valence-electron chi connectivity index (χ2n) is 5.69. The van der Waals surface area contributed by atoms with E-state index in [9.17, 15) is 22.8 Å². The first-order valence-corrected chi connectivity index (χ1v) is 7.63. The monoisotopic (exact) mass is 344 g/mol. The molecule has 1 aliphatic rings. The molecule has 6 nitrogen and oxygen atoms in total. The molecule has 24 heavy (non-hydrogen) atoms. The molecule has 1 aliphatic carbocycles. The molecule has 3 N–H and O–H groups in total. The van der Waals surface area contributed by atoms with Crippen molar-refractivity contribution in [3.63, 3.8) is 0 Å². The smallest absolute Gasteiger partial charge is 0.354 e. The molecule has 1 aromatic rings. The topological polar surface area (TPSA) is 83.1 Å². The van der Waals surface area contributed by atoms with Crippen molar-refractivity contribution in [3.05, 3.63) is 23.9 Å². The van der Waals surface area contributed by atoms with Crippen LogP contribution in [-0.4, -0.2) is 36.2 Å². The van der Waals surface area contributed by atoms with Crippen molar-refractivity contribution in [1.29, 1.82) is 0 Å². The maximum absolute atomic E-state index is 12.8. The molecule has 0 saturated heterocycles. The fraction of sp³-hybridized carbons (Fsp3) is 0.533. The molecular weight excluding hydrogens is 325 g/mol. The van der Waals surface area contributed by atoms with Gasteiger partial charge < -0.3 is 10.6 Å². The van der Waals surface area contributed by atoms with Crippen molar-refractivity contribution in [3.8, 4) is 0 Å². The lowest BCUT2D eigenvalue weighted by molar-refractivity contribution is -0.183. The van der Waals surface area contributed by atoms with Gasteiger partial charge >= 0.3 is 12.2 Å². The van der Waals surface area contributed by atoms with Gasteiger partial charge in [0.2, 0.25) is 0 Å². The lowest BCUT2D eigenvalue weighted by atomic mass is 9.85. The van der Waals surface area contributed by atoms with E-state index in [0.717, 1.165) is 0 Å². The molecule has 2 atom stereocenters. The van der Waals surface area contributed by atoms with E-state index in [1.807, 2.05) is 0 Å². The summed E-state index contributed by atoms with van der Waals surface area (Å²) in [5.74, 6) is -1.64. The highest BCUT2D eigenvalue weighted by Crippen LogP contribution is 2.37. The van der Waals surface area contributed by atoms with Gasteiger partial charge in [0, 0.05) is 13.1 Å². The van der Waals surface area contributed by atoms with Gasteiger partial charge in [-0.2, -0.15) is 13.2 Å². The Balaban J connectivity index is 1.92. The van der Waals surface area contributed by atoms with E-state index in [4.69, 9.17) is 0 Å². The maximum Gasteiger partial charge on any atom is 0.391 e. The first-order chi connectivity index (χ1) is 11.3. The number of amides is 3. The number of urea groups is 1. The van der Waals surface area contributed by atoms with Crippen molar-refractivity contribution >= 4 is 17.8 Å². The average Bonchev–Trinajstić information content (AvgIpc) is 2.53. The first-order valence-electron chi connectivity index (χ1n) is 7.63. The van der Waals surface area contributed by atoms with Gasteiger partial charge in [-0.15, -0.1) is 0 Å². The lowest BCUT2D eigenvalue weighted by Gasteiger charge is -2.30. The van der Waals surface area contributed by atoms with Crippen LogP contribution < -0.4 is 16.0 Å². The van der Waals surface area contributed by atoms with Crippen molar-refractivity contribution in [1.82, 2.24) is 15.6 Å². The summed E-state index contributed by atoms with van der Waals surface area (Å²) < 4.78 is 38.3. The third kappa shape index (κ3) is 4.84. The molecule has 132 valence electrons. The minimum absolute atomic E-state index is 0.0963. The van der Waals surface area contributed by atoms with Crippen LogP contribution in [0.25, 0.3) is 0 Å². The number of rotatable bonds is 3. The fourth-order valence-corrected chi connectivity index (χ4v) is 2.71. The molecule has 1 fully saturated rings. The van der Waals surface area contributed by atoms with E-state index in [-0.39, 0.29) is 24.4 Å².